The van der Waals surface area contributed by atoms with Crippen molar-refractivity contribution in [1.29, 1.82) is 0 Å². The number of ether oxygens (including phenoxy) is 1. The topological polar surface area (TPSA) is 105 Å². The third kappa shape index (κ3) is 8.04. The second-order valence-corrected chi connectivity index (χ2v) is 5.86. The Morgan fingerprint density at radius 3 is 2.30 bits per heavy atom. The molecule has 2 rings (SSSR count). The number of para-hydroxylation sites is 1. The lowest BCUT2D eigenvalue weighted by atomic mass is 10.1. The van der Waals surface area contributed by atoms with Gasteiger partial charge in [0, 0.05) is 12.1 Å². The van der Waals surface area contributed by atoms with E-state index in [1.54, 1.807) is 24.3 Å². The average molecular weight is 370 g/mol. The van der Waals surface area contributed by atoms with Crippen LogP contribution in [-0.4, -0.2) is 36.0 Å². The van der Waals surface area contributed by atoms with E-state index in [0.717, 1.165) is 11.3 Å². The summed E-state index contributed by atoms with van der Waals surface area (Å²) in [4.78, 5) is 33.9. The number of anilines is 1. The summed E-state index contributed by atoms with van der Waals surface area (Å²) in [7, 11) is 0. The molecule has 27 heavy (non-hydrogen) atoms. The van der Waals surface area contributed by atoms with Crippen molar-refractivity contribution in [2.24, 2.45) is 0 Å². The Morgan fingerprint density at radius 1 is 0.926 bits per heavy atom. The Labute approximate surface area is 157 Å². The number of carbonyl (C=O) groups is 3. The number of carboxylic acid groups (broad SMARTS) is 1. The van der Waals surface area contributed by atoms with E-state index in [1.807, 2.05) is 30.3 Å². The second kappa shape index (κ2) is 10.6. The van der Waals surface area contributed by atoms with Gasteiger partial charge in [-0.1, -0.05) is 30.3 Å². The molecule has 0 heterocycles. The number of nitrogens with one attached hydrogen (secondary N) is 2. The fraction of sp³-hybridized carbons (Fsp3) is 0.250. The molecule has 7 nitrogen and oxygen atoms in total. The van der Waals surface area contributed by atoms with Crippen molar-refractivity contribution >= 4 is 23.5 Å². The highest BCUT2D eigenvalue weighted by Crippen LogP contribution is 2.12. The fourth-order valence-corrected chi connectivity index (χ4v) is 2.29. The van der Waals surface area contributed by atoms with Crippen LogP contribution in [0, 0.1) is 0 Å². The summed E-state index contributed by atoms with van der Waals surface area (Å²) in [6, 6.07) is 16.3. The first-order valence-electron chi connectivity index (χ1n) is 8.58. The van der Waals surface area contributed by atoms with Crippen LogP contribution in [0.3, 0.4) is 0 Å². The molecule has 0 atom stereocenters. The number of aliphatic carboxylic acids is 1. The average Bonchev–Trinajstić information content (AvgIpc) is 2.66. The van der Waals surface area contributed by atoms with Crippen LogP contribution >= 0.6 is 0 Å². The van der Waals surface area contributed by atoms with E-state index in [4.69, 9.17) is 9.84 Å². The number of rotatable bonds is 10. The lowest BCUT2D eigenvalue weighted by molar-refractivity contribution is -0.137. The van der Waals surface area contributed by atoms with Crippen molar-refractivity contribution in [2.75, 3.05) is 18.5 Å². The van der Waals surface area contributed by atoms with Crippen LogP contribution in [0.15, 0.2) is 54.6 Å². The monoisotopic (exact) mass is 370 g/mol. The Kier molecular flexibility index (Phi) is 7.84. The van der Waals surface area contributed by atoms with Gasteiger partial charge < -0.3 is 20.5 Å². The van der Waals surface area contributed by atoms with Gasteiger partial charge in [0.25, 0.3) is 0 Å². The first-order valence-corrected chi connectivity index (χ1v) is 8.58. The minimum Gasteiger partial charge on any atom is -0.494 e. The van der Waals surface area contributed by atoms with E-state index < -0.39 is 12.5 Å². The van der Waals surface area contributed by atoms with Gasteiger partial charge >= 0.3 is 5.97 Å². The van der Waals surface area contributed by atoms with Gasteiger partial charge in [-0.2, -0.15) is 0 Å². The molecule has 0 radical (unpaired) electrons. The lowest BCUT2D eigenvalue weighted by Gasteiger charge is -2.08. The van der Waals surface area contributed by atoms with Gasteiger partial charge in [-0.15, -0.1) is 0 Å². The molecule has 7 heteroatoms. The van der Waals surface area contributed by atoms with Crippen molar-refractivity contribution in [1.82, 2.24) is 5.32 Å². The zero-order chi connectivity index (χ0) is 19.5. The highest BCUT2D eigenvalue weighted by atomic mass is 16.5. The van der Waals surface area contributed by atoms with Crippen molar-refractivity contribution in [3.63, 3.8) is 0 Å². The van der Waals surface area contributed by atoms with Gasteiger partial charge in [-0.25, -0.2) is 0 Å². The molecule has 3 N–H and O–H groups in total. The van der Waals surface area contributed by atoms with Crippen molar-refractivity contribution < 1.29 is 24.2 Å². The van der Waals surface area contributed by atoms with Crippen LogP contribution in [0.25, 0.3) is 0 Å². The Bertz CT molecular complexity index is 760. The molecule has 2 aromatic carbocycles. The van der Waals surface area contributed by atoms with Gasteiger partial charge in [0.2, 0.25) is 11.8 Å². The smallest absolute Gasteiger partial charge is 0.322 e. The van der Waals surface area contributed by atoms with Gasteiger partial charge in [-0.05, 0) is 36.2 Å². The second-order valence-electron chi connectivity index (χ2n) is 5.86. The predicted molar refractivity (Wildman–Crippen MR) is 101 cm³/mol. The summed E-state index contributed by atoms with van der Waals surface area (Å²) in [5.74, 6) is -0.789. The number of hydrogen-bond acceptors (Lipinski definition) is 4. The molecule has 0 aromatic heterocycles. The van der Waals surface area contributed by atoms with Crippen molar-refractivity contribution in [3.05, 3.63) is 60.2 Å². The molecule has 0 spiro atoms. The SMILES string of the molecule is O=C(O)CNC(=O)Cc1ccc(NC(=O)CCCOc2ccccc2)cc1. The minimum atomic E-state index is -1.09. The highest BCUT2D eigenvalue weighted by Gasteiger charge is 2.06. The number of amides is 2. The largest absolute Gasteiger partial charge is 0.494 e. The van der Waals surface area contributed by atoms with Gasteiger partial charge in [0.1, 0.15) is 12.3 Å². The molecule has 0 aliphatic heterocycles. The fourth-order valence-electron chi connectivity index (χ4n) is 2.29. The minimum absolute atomic E-state index is 0.0817. The Balaban J connectivity index is 1.68. The summed E-state index contributed by atoms with van der Waals surface area (Å²) in [5.41, 5.74) is 1.37. The van der Waals surface area contributed by atoms with E-state index in [-0.39, 0.29) is 18.2 Å². The van der Waals surface area contributed by atoms with E-state index in [9.17, 15) is 14.4 Å². The molecule has 2 aromatic rings. The Hall–Kier alpha value is -3.35. The van der Waals surface area contributed by atoms with Crippen LogP contribution in [0.1, 0.15) is 18.4 Å². The van der Waals surface area contributed by atoms with Crippen LogP contribution < -0.4 is 15.4 Å². The van der Waals surface area contributed by atoms with E-state index in [1.165, 1.54) is 0 Å². The number of carbonyl (C=O) groups excluding carboxylic acids is 2. The third-order valence-electron chi connectivity index (χ3n) is 3.60. The molecule has 0 fully saturated rings. The summed E-state index contributed by atoms with van der Waals surface area (Å²) in [6.45, 7) is 0.0583. The zero-order valence-electron chi connectivity index (χ0n) is 14.8. The molecular weight excluding hydrogens is 348 g/mol. The summed E-state index contributed by atoms with van der Waals surface area (Å²) in [5, 5.41) is 13.6. The lowest BCUT2D eigenvalue weighted by Crippen LogP contribution is -2.30. The maximum absolute atomic E-state index is 11.9. The van der Waals surface area contributed by atoms with Crippen LogP contribution in [0.2, 0.25) is 0 Å². The summed E-state index contributed by atoms with van der Waals surface area (Å²) in [6.07, 6.45) is 1.02. The van der Waals surface area contributed by atoms with E-state index in [0.29, 0.717) is 25.1 Å². The molecule has 0 bridgehead atoms. The highest BCUT2D eigenvalue weighted by molar-refractivity contribution is 5.90. The maximum atomic E-state index is 11.9. The predicted octanol–water partition coefficient (Wildman–Crippen LogP) is 2.23. The van der Waals surface area contributed by atoms with Crippen molar-refractivity contribution in [2.45, 2.75) is 19.3 Å². The maximum Gasteiger partial charge on any atom is 0.322 e. The van der Waals surface area contributed by atoms with E-state index >= 15 is 0 Å². The number of benzene rings is 2. The zero-order valence-corrected chi connectivity index (χ0v) is 14.8. The Morgan fingerprint density at radius 2 is 1.63 bits per heavy atom. The molecule has 0 saturated heterocycles. The molecule has 0 unspecified atom stereocenters. The molecule has 0 saturated carbocycles. The molecule has 142 valence electrons. The number of carboxylic acids is 1. The first-order chi connectivity index (χ1) is 13.0. The van der Waals surface area contributed by atoms with Gasteiger partial charge in [0.15, 0.2) is 0 Å². The summed E-state index contributed by atoms with van der Waals surface area (Å²) < 4.78 is 5.54. The first kappa shape index (κ1) is 20.0. The summed E-state index contributed by atoms with van der Waals surface area (Å²) >= 11 is 0. The quantitative estimate of drug-likeness (QED) is 0.556. The molecular formula is C20H22N2O5. The normalized spacial score (nSPS) is 10.1. The molecule has 0 aliphatic carbocycles. The van der Waals surface area contributed by atoms with Crippen LogP contribution in [0.5, 0.6) is 5.75 Å². The van der Waals surface area contributed by atoms with Gasteiger partial charge in [0.05, 0.1) is 13.0 Å². The molecule has 0 aliphatic rings. The van der Waals surface area contributed by atoms with Gasteiger partial charge in [-0.3, -0.25) is 14.4 Å². The molecule has 2 amide bonds. The number of hydrogen-bond donors (Lipinski definition) is 3. The third-order valence-corrected chi connectivity index (χ3v) is 3.60. The van der Waals surface area contributed by atoms with Crippen LogP contribution in [0.4, 0.5) is 5.69 Å². The van der Waals surface area contributed by atoms with Crippen molar-refractivity contribution in [3.8, 4) is 5.75 Å². The van der Waals surface area contributed by atoms with Crippen LogP contribution in [-0.2, 0) is 20.8 Å². The standard InChI is InChI=1S/C20H22N2O5/c23-18(7-4-12-27-17-5-2-1-3-6-17)22-16-10-8-15(9-11-16)13-19(24)21-14-20(25)26/h1-3,5-6,8-11H,4,7,12-14H2,(H,21,24)(H,22,23)(H,25,26). The van der Waals surface area contributed by atoms with E-state index in [2.05, 4.69) is 10.6 Å².